The Morgan fingerprint density at radius 3 is 2.83 bits per heavy atom. The maximum Gasteiger partial charge on any atom is -0.0166 e. The van der Waals surface area contributed by atoms with Crippen molar-refractivity contribution in [3.05, 3.63) is 41.0 Å². The first-order chi connectivity index (χ1) is 5.83. The zero-order valence-corrected chi connectivity index (χ0v) is 7.72. The predicted octanol–water partition coefficient (Wildman–Crippen LogP) is 3.34. The lowest BCUT2D eigenvalue weighted by Gasteiger charge is -2.03. The van der Waals surface area contributed by atoms with Gasteiger partial charge in [-0.05, 0) is 49.0 Å². The summed E-state index contributed by atoms with van der Waals surface area (Å²) in [5, 5.41) is 0. The molecule has 0 aliphatic heterocycles. The zero-order chi connectivity index (χ0) is 8.55. The molecule has 0 radical (unpaired) electrons. The molecule has 62 valence electrons. The second-order valence-corrected chi connectivity index (χ2v) is 3.42. The molecule has 1 aromatic carbocycles. The van der Waals surface area contributed by atoms with E-state index in [-0.39, 0.29) is 0 Å². The first kappa shape index (κ1) is 7.60. The fourth-order valence-corrected chi connectivity index (χ4v) is 2.08. The van der Waals surface area contributed by atoms with Gasteiger partial charge in [-0.15, -0.1) is 0 Å². The minimum absolute atomic E-state index is 1.23. The van der Waals surface area contributed by atoms with Crippen LogP contribution in [0.15, 0.2) is 24.3 Å². The normalized spacial score (nSPS) is 18.3. The highest BCUT2D eigenvalue weighted by Gasteiger charge is 2.16. The number of allylic oxidation sites excluding steroid dienone is 2. The highest BCUT2D eigenvalue weighted by molar-refractivity contribution is 5.74. The Kier molecular flexibility index (Phi) is 1.76. The van der Waals surface area contributed by atoms with E-state index in [0.717, 1.165) is 0 Å². The van der Waals surface area contributed by atoms with Crippen molar-refractivity contribution in [1.82, 2.24) is 0 Å². The summed E-state index contributed by atoms with van der Waals surface area (Å²) in [6, 6.07) is 6.61. The van der Waals surface area contributed by atoms with E-state index in [1.165, 1.54) is 35.1 Å². The van der Waals surface area contributed by atoms with E-state index < -0.39 is 0 Å². The first-order valence-corrected chi connectivity index (χ1v) is 4.57. The van der Waals surface area contributed by atoms with E-state index >= 15 is 0 Å². The van der Waals surface area contributed by atoms with E-state index in [0.29, 0.717) is 0 Å². The number of hydrogen-bond donors (Lipinski definition) is 0. The summed E-state index contributed by atoms with van der Waals surface area (Å²) in [5.74, 6) is 0. The van der Waals surface area contributed by atoms with Crippen molar-refractivity contribution in [3.63, 3.8) is 0 Å². The zero-order valence-electron chi connectivity index (χ0n) is 7.72. The summed E-state index contributed by atoms with van der Waals surface area (Å²) in [6.07, 6.45) is 4.71. The molecule has 0 N–H and O–H groups in total. The van der Waals surface area contributed by atoms with Crippen LogP contribution in [0.3, 0.4) is 0 Å². The van der Waals surface area contributed by atoms with Crippen LogP contribution in [-0.2, 0) is 6.42 Å². The smallest absolute Gasteiger partial charge is 0.0166 e. The second-order valence-electron chi connectivity index (χ2n) is 3.42. The third kappa shape index (κ3) is 0.989. The molecule has 0 heterocycles. The van der Waals surface area contributed by atoms with Crippen LogP contribution in [-0.4, -0.2) is 0 Å². The van der Waals surface area contributed by atoms with Gasteiger partial charge >= 0.3 is 0 Å². The van der Waals surface area contributed by atoms with Gasteiger partial charge in [-0.25, -0.2) is 0 Å². The maximum absolute atomic E-state index is 2.25. The predicted molar refractivity (Wildman–Crippen MR) is 53.2 cm³/mol. The van der Waals surface area contributed by atoms with Crippen LogP contribution in [0.2, 0.25) is 0 Å². The molecule has 0 nitrogen and oxygen atoms in total. The van der Waals surface area contributed by atoms with E-state index in [1.54, 1.807) is 0 Å². The topological polar surface area (TPSA) is 0 Å². The molecule has 0 amide bonds. The molecule has 0 bridgehead atoms. The van der Waals surface area contributed by atoms with E-state index in [4.69, 9.17) is 0 Å². The van der Waals surface area contributed by atoms with Crippen LogP contribution in [0.4, 0.5) is 0 Å². The van der Waals surface area contributed by atoms with Gasteiger partial charge in [0.25, 0.3) is 0 Å². The molecule has 2 rings (SSSR count). The molecule has 0 atom stereocenters. The maximum atomic E-state index is 2.25. The average Bonchev–Trinajstić information content (AvgIpc) is 2.49. The van der Waals surface area contributed by atoms with Crippen molar-refractivity contribution < 1.29 is 0 Å². The van der Waals surface area contributed by atoms with Crippen molar-refractivity contribution in [2.45, 2.75) is 26.7 Å². The lowest BCUT2D eigenvalue weighted by molar-refractivity contribution is 1.08. The monoisotopic (exact) mass is 158 g/mol. The van der Waals surface area contributed by atoms with Gasteiger partial charge in [0.1, 0.15) is 0 Å². The van der Waals surface area contributed by atoms with E-state index in [1.807, 2.05) is 0 Å². The molecule has 0 heteroatoms. The SMILES string of the molecule is C/C=C1/CCc2cccc(C)c21. The summed E-state index contributed by atoms with van der Waals surface area (Å²) in [5.41, 5.74) is 6.00. The Hall–Kier alpha value is -1.04. The summed E-state index contributed by atoms with van der Waals surface area (Å²) in [6.45, 7) is 4.34. The highest BCUT2D eigenvalue weighted by atomic mass is 14.2. The van der Waals surface area contributed by atoms with Gasteiger partial charge in [0.2, 0.25) is 0 Å². The molecule has 0 aromatic heterocycles. The lowest BCUT2D eigenvalue weighted by Crippen LogP contribution is -1.84. The summed E-state index contributed by atoms with van der Waals surface area (Å²) < 4.78 is 0. The lowest BCUT2D eigenvalue weighted by atomic mass is 10.0. The van der Waals surface area contributed by atoms with Crippen LogP contribution in [0, 0.1) is 6.92 Å². The van der Waals surface area contributed by atoms with Gasteiger partial charge in [0.15, 0.2) is 0 Å². The van der Waals surface area contributed by atoms with Gasteiger partial charge in [0, 0.05) is 0 Å². The minimum Gasteiger partial charge on any atom is -0.0838 e. The van der Waals surface area contributed by atoms with Crippen molar-refractivity contribution in [2.24, 2.45) is 0 Å². The van der Waals surface area contributed by atoms with Gasteiger partial charge in [-0.1, -0.05) is 24.3 Å². The van der Waals surface area contributed by atoms with E-state index in [2.05, 4.69) is 38.1 Å². The molecule has 0 unspecified atom stereocenters. The largest absolute Gasteiger partial charge is 0.0838 e. The molecule has 0 saturated carbocycles. The van der Waals surface area contributed by atoms with Gasteiger partial charge < -0.3 is 0 Å². The van der Waals surface area contributed by atoms with Crippen molar-refractivity contribution >= 4 is 5.57 Å². The van der Waals surface area contributed by atoms with Crippen LogP contribution < -0.4 is 0 Å². The third-order valence-corrected chi connectivity index (χ3v) is 2.69. The molecule has 1 aromatic rings. The summed E-state index contributed by atoms with van der Waals surface area (Å²) in [4.78, 5) is 0. The van der Waals surface area contributed by atoms with Crippen LogP contribution in [0.25, 0.3) is 5.57 Å². The van der Waals surface area contributed by atoms with Gasteiger partial charge in [0.05, 0.1) is 0 Å². The Balaban J connectivity index is 2.63. The Labute approximate surface area is 73.9 Å². The summed E-state index contributed by atoms with van der Waals surface area (Å²) >= 11 is 0. The molecule has 1 aliphatic carbocycles. The van der Waals surface area contributed by atoms with Crippen molar-refractivity contribution in [1.29, 1.82) is 0 Å². The van der Waals surface area contributed by atoms with Crippen molar-refractivity contribution in [3.8, 4) is 0 Å². The molecular weight excluding hydrogens is 144 g/mol. The Morgan fingerprint density at radius 1 is 1.25 bits per heavy atom. The third-order valence-electron chi connectivity index (χ3n) is 2.69. The standard InChI is InChI=1S/C12H14/c1-3-10-7-8-11-6-4-5-9(2)12(10)11/h3-6H,7-8H2,1-2H3/b10-3-. The molecule has 0 saturated heterocycles. The fourth-order valence-electron chi connectivity index (χ4n) is 2.08. The van der Waals surface area contributed by atoms with Gasteiger partial charge in [-0.3, -0.25) is 0 Å². The highest BCUT2D eigenvalue weighted by Crippen LogP contribution is 2.33. The number of benzene rings is 1. The van der Waals surface area contributed by atoms with E-state index in [9.17, 15) is 0 Å². The Morgan fingerprint density at radius 2 is 2.08 bits per heavy atom. The first-order valence-electron chi connectivity index (χ1n) is 4.57. The molecule has 12 heavy (non-hydrogen) atoms. The summed E-state index contributed by atoms with van der Waals surface area (Å²) in [7, 11) is 0. The van der Waals surface area contributed by atoms with Crippen LogP contribution in [0.1, 0.15) is 30.0 Å². The molecular formula is C12H14. The molecule has 0 fully saturated rings. The number of fused-ring (bicyclic) bond motifs is 1. The number of rotatable bonds is 0. The average molecular weight is 158 g/mol. The molecule has 0 spiro atoms. The quantitative estimate of drug-likeness (QED) is 0.543. The number of hydrogen-bond acceptors (Lipinski definition) is 0. The van der Waals surface area contributed by atoms with Crippen LogP contribution in [0.5, 0.6) is 0 Å². The fraction of sp³-hybridized carbons (Fsp3) is 0.333. The molecule has 1 aliphatic rings. The number of aryl methyl sites for hydroxylation is 2. The van der Waals surface area contributed by atoms with Crippen molar-refractivity contribution in [2.75, 3.05) is 0 Å². The van der Waals surface area contributed by atoms with Crippen LogP contribution >= 0.6 is 0 Å². The Bertz CT molecular complexity index is 332. The minimum atomic E-state index is 1.23. The second kappa shape index (κ2) is 2.78. The van der Waals surface area contributed by atoms with Gasteiger partial charge in [-0.2, -0.15) is 0 Å².